The molecule has 2 heterocycles. The molecular weight excluding hydrogens is 264 g/mol. The maximum atomic E-state index is 6.10. The SMILES string of the molecule is Cc1cccc2cc(C(NN)C3C(C)OC(C)C3C)oc12. The van der Waals surface area contributed by atoms with Crippen LogP contribution in [-0.4, -0.2) is 12.2 Å². The van der Waals surface area contributed by atoms with Crippen LogP contribution in [0, 0.1) is 18.8 Å². The van der Waals surface area contributed by atoms with Crippen molar-refractivity contribution in [1.29, 1.82) is 0 Å². The smallest absolute Gasteiger partial charge is 0.137 e. The zero-order valence-corrected chi connectivity index (χ0v) is 13.1. The Bertz CT molecular complexity index is 637. The fourth-order valence-corrected chi connectivity index (χ4v) is 3.63. The van der Waals surface area contributed by atoms with Crippen molar-refractivity contribution in [2.24, 2.45) is 17.7 Å². The van der Waals surface area contributed by atoms with Crippen molar-refractivity contribution in [3.8, 4) is 0 Å². The van der Waals surface area contributed by atoms with E-state index in [1.165, 1.54) is 0 Å². The molecule has 3 N–H and O–H groups in total. The maximum Gasteiger partial charge on any atom is 0.137 e. The molecule has 1 aliphatic rings. The topological polar surface area (TPSA) is 60.4 Å². The van der Waals surface area contributed by atoms with Crippen LogP contribution in [0.4, 0.5) is 0 Å². The van der Waals surface area contributed by atoms with Gasteiger partial charge in [0.25, 0.3) is 0 Å². The highest BCUT2D eigenvalue weighted by Crippen LogP contribution is 2.41. The highest BCUT2D eigenvalue weighted by Gasteiger charge is 2.43. The van der Waals surface area contributed by atoms with Crippen LogP contribution in [0.25, 0.3) is 11.0 Å². The number of hydrazine groups is 1. The molecule has 5 atom stereocenters. The summed E-state index contributed by atoms with van der Waals surface area (Å²) in [6.45, 7) is 8.52. The monoisotopic (exact) mass is 288 g/mol. The van der Waals surface area contributed by atoms with Gasteiger partial charge in [0.05, 0.1) is 18.2 Å². The van der Waals surface area contributed by atoms with Crippen LogP contribution < -0.4 is 11.3 Å². The number of hydrogen-bond acceptors (Lipinski definition) is 4. The molecule has 3 rings (SSSR count). The third-order valence-electron chi connectivity index (χ3n) is 4.95. The fourth-order valence-electron chi connectivity index (χ4n) is 3.63. The van der Waals surface area contributed by atoms with E-state index in [1.807, 2.05) is 6.07 Å². The van der Waals surface area contributed by atoms with E-state index < -0.39 is 0 Å². The fraction of sp³-hybridized carbons (Fsp3) is 0.529. The van der Waals surface area contributed by atoms with Crippen molar-refractivity contribution in [3.05, 3.63) is 35.6 Å². The van der Waals surface area contributed by atoms with Crippen molar-refractivity contribution in [3.63, 3.8) is 0 Å². The molecule has 1 saturated heterocycles. The molecule has 0 radical (unpaired) electrons. The Morgan fingerprint density at radius 2 is 1.95 bits per heavy atom. The van der Waals surface area contributed by atoms with Gasteiger partial charge < -0.3 is 9.15 Å². The van der Waals surface area contributed by atoms with Gasteiger partial charge in [-0.25, -0.2) is 5.43 Å². The summed E-state index contributed by atoms with van der Waals surface area (Å²) in [6, 6.07) is 8.24. The van der Waals surface area contributed by atoms with E-state index in [0.717, 1.165) is 22.3 Å². The first kappa shape index (κ1) is 14.6. The molecule has 4 nitrogen and oxygen atoms in total. The number of para-hydroxylation sites is 1. The first-order valence-electron chi connectivity index (χ1n) is 7.63. The van der Waals surface area contributed by atoms with E-state index in [2.05, 4.69) is 51.3 Å². The number of fused-ring (bicyclic) bond motifs is 1. The van der Waals surface area contributed by atoms with Gasteiger partial charge in [-0.15, -0.1) is 0 Å². The van der Waals surface area contributed by atoms with Gasteiger partial charge in [0, 0.05) is 11.3 Å². The molecule has 1 aromatic carbocycles. The quantitative estimate of drug-likeness (QED) is 0.672. The number of benzene rings is 1. The molecule has 0 bridgehead atoms. The lowest BCUT2D eigenvalue weighted by Crippen LogP contribution is -2.38. The van der Waals surface area contributed by atoms with E-state index in [4.69, 9.17) is 15.0 Å². The van der Waals surface area contributed by atoms with Gasteiger partial charge in [-0.2, -0.15) is 0 Å². The van der Waals surface area contributed by atoms with Gasteiger partial charge in [-0.05, 0) is 38.3 Å². The van der Waals surface area contributed by atoms with Crippen LogP contribution in [0.15, 0.2) is 28.7 Å². The number of aryl methyl sites for hydroxylation is 1. The largest absolute Gasteiger partial charge is 0.459 e. The Hall–Kier alpha value is -1.36. The average molecular weight is 288 g/mol. The molecule has 114 valence electrons. The van der Waals surface area contributed by atoms with E-state index in [1.54, 1.807) is 0 Å². The molecule has 0 saturated carbocycles. The normalized spacial score (nSPS) is 30.9. The third-order valence-corrected chi connectivity index (χ3v) is 4.95. The van der Waals surface area contributed by atoms with Gasteiger partial charge in [0.1, 0.15) is 11.3 Å². The summed E-state index contributed by atoms with van der Waals surface area (Å²) in [5, 5.41) is 1.12. The molecular formula is C17H24N2O2. The summed E-state index contributed by atoms with van der Waals surface area (Å²) in [6.07, 6.45) is 0.400. The molecule has 1 aliphatic heterocycles. The Labute approximate surface area is 125 Å². The number of nitrogens with one attached hydrogen (secondary N) is 1. The van der Waals surface area contributed by atoms with E-state index in [9.17, 15) is 0 Å². The number of furan rings is 1. The number of rotatable bonds is 3. The second-order valence-corrected chi connectivity index (χ2v) is 6.27. The Morgan fingerprint density at radius 3 is 2.52 bits per heavy atom. The van der Waals surface area contributed by atoms with E-state index in [0.29, 0.717) is 11.8 Å². The van der Waals surface area contributed by atoms with Crippen molar-refractivity contribution in [2.75, 3.05) is 0 Å². The number of ether oxygens (including phenoxy) is 1. The predicted molar refractivity (Wildman–Crippen MR) is 83.7 cm³/mol. The third kappa shape index (κ3) is 2.37. The van der Waals surface area contributed by atoms with Crippen LogP contribution in [0.2, 0.25) is 0 Å². The lowest BCUT2D eigenvalue weighted by molar-refractivity contribution is 0.0466. The summed E-state index contributed by atoms with van der Waals surface area (Å²) in [7, 11) is 0. The van der Waals surface area contributed by atoms with Crippen molar-refractivity contribution < 1.29 is 9.15 Å². The molecule has 2 aromatic rings. The summed E-state index contributed by atoms with van der Waals surface area (Å²) in [4.78, 5) is 0. The summed E-state index contributed by atoms with van der Waals surface area (Å²) < 4.78 is 12.0. The first-order valence-corrected chi connectivity index (χ1v) is 7.63. The zero-order valence-electron chi connectivity index (χ0n) is 13.1. The van der Waals surface area contributed by atoms with Gasteiger partial charge in [-0.1, -0.05) is 25.1 Å². The van der Waals surface area contributed by atoms with Gasteiger partial charge in [0.15, 0.2) is 0 Å². The standard InChI is InChI=1S/C17H24N2O2/c1-9-6-5-7-13-8-14(21-17(9)13)16(19-18)15-10(2)11(3)20-12(15)4/h5-8,10-12,15-16,19H,18H2,1-4H3. The molecule has 1 aromatic heterocycles. The number of hydrogen-bond donors (Lipinski definition) is 2. The van der Waals surface area contributed by atoms with Crippen LogP contribution >= 0.6 is 0 Å². The minimum absolute atomic E-state index is 0.0354. The molecule has 0 amide bonds. The molecule has 0 aliphatic carbocycles. The summed E-state index contributed by atoms with van der Waals surface area (Å²) in [5.74, 6) is 7.46. The van der Waals surface area contributed by atoms with E-state index in [-0.39, 0.29) is 18.2 Å². The zero-order chi connectivity index (χ0) is 15.1. The Kier molecular flexibility index (Phi) is 3.78. The van der Waals surface area contributed by atoms with Gasteiger partial charge >= 0.3 is 0 Å². The average Bonchev–Trinajstić information content (AvgIpc) is 2.97. The highest BCUT2D eigenvalue weighted by molar-refractivity contribution is 5.81. The molecule has 0 spiro atoms. The van der Waals surface area contributed by atoms with Crippen LogP contribution in [-0.2, 0) is 4.74 Å². The minimum atomic E-state index is -0.0354. The second kappa shape index (κ2) is 5.44. The summed E-state index contributed by atoms with van der Waals surface area (Å²) in [5.41, 5.74) is 5.04. The molecule has 5 unspecified atom stereocenters. The Morgan fingerprint density at radius 1 is 1.19 bits per heavy atom. The van der Waals surface area contributed by atoms with Crippen molar-refractivity contribution in [1.82, 2.24) is 5.43 Å². The van der Waals surface area contributed by atoms with Gasteiger partial charge in [0.2, 0.25) is 0 Å². The van der Waals surface area contributed by atoms with Crippen LogP contribution in [0.3, 0.4) is 0 Å². The van der Waals surface area contributed by atoms with E-state index >= 15 is 0 Å². The van der Waals surface area contributed by atoms with Gasteiger partial charge in [-0.3, -0.25) is 5.84 Å². The predicted octanol–water partition coefficient (Wildman–Crippen LogP) is 3.31. The Balaban J connectivity index is 2.00. The maximum absolute atomic E-state index is 6.10. The summed E-state index contributed by atoms with van der Waals surface area (Å²) >= 11 is 0. The number of nitrogens with two attached hydrogens (primary N) is 1. The first-order chi connectivity index (χ1) is 10.0. The minimum Gasteiger partial charge on any atom is -0.459 e. The molecule has 1 fully saturated rings. The van der Waals surface area contributed by atoms with Crippen molar-refractivity contribution in [2.45, 2.75) is 45.9 Å². The molecule has 4 heteroatoms. The lowest BCUT2D eigenvalue weighted by Gasteiger charge is -2.26. The van der Waals surface area contributed by atoms with Crippen LogP contribution in [0.1, 0.15) is 38.1 Å². The molecule has 21 heavy (non-hydrogen) atoms. The van der Waals surface area contributed by atoms with Crippen molar-refractivity contribution >= 4 is 11.0 Å². The second-order valence-electron chi connectivity index (χ2n) is 6.27. The highest BCUT2D eigenvalue weighted by atomic mass is 16.5. The lowest BCUT2D eigenvalue weighted by atomic mass is 9.82. The van der Waals surface area contributed by atoms with Crippen LogP contribution in [0.5, 0.6) is 0 Å².